The molecule has 0 atom stereocenters. The summed E-state index contributed by atoms with van der Waals surface area (Å²) in [6.07, 6.45) is 1.64. The van der Waals surface area contributed by atoms with Crippen LogP contribution in [0.25, 0.3) is 6.08 Å². The van der Waals surface area contributed by atoms with Gasteiger partial charge < -0.3 is 10.1 Å². The van der Waals surface area contributed by atoms with Crippen molar-refractivity contribution in [2.45, 2.75) is 13.5 Å². The highest BCUT2D eigenvalue weighted by molar-refractivity contribution is 9.10. The van der Waals surface area contributed by atoms with E-state index in [2.05, 4.69) is 21.2 Å². The van der Waals surface area contributed by atoms with Crippen LogP contribution < -0.4 is 10.1 Å². The van der Waals surface area contributed by atoms with E-state index in [9.17, 15) is 9.59 Å². The van der Waals surface area contributed by atoms with Crippen molar-refractivity contribution in [2.24, 2.45) is 0 Å². The molecule has 2 aromatic carbocycles. The van der Waals surface area contributed by atoms with Gasteiger partial charge >= 0.3 is 6.03 Å². The second-order valence-electron chi connectivity index (χ2n) is 5.82. The van der Waals surface area contributed by atoms with Crippen molar-refractivity contribution in [3.63, 3.8) is 0 Å². The fourth-order valence-corrected chi connectivity index (χ4v) is 2.87. The van der Waals surface area contributed by atoms with Gasteiger partial charge in [-0.2, -0.15) is 0 Å². The fraction of sp³-hybridized carbons (Fsp3) is 0.158. The Morgan fingerprint density at radius 1 is 1.16 bits per heavy atom. The SMILES string of the molecule is Cc1ccc(COc2ccc(/C=C3/NC(=O)N(C)C3=O)cc2Br)cc1. The lowest BCUT2D eigenvalue weighted by molar-refractivity contribution is -0.121. The maximum atomic E-state index is 11.9. The van der Waals surface area contributed by atoms with Gasteiger partial charge in [-0.1, -0.05) is 35.9 Å². The Morgan fingerprint density at radius 3 is 2.48 bits per heavy atom. The Balaban J connectivity index is 1.72. The number of carbonyl (C=O) groups excluding carboxylic acids is 2. The molecule has 1 aliphatic rings. The number of halogens is 1. The number of hydrogen-bond donors (Lipinski definition) is 1. The number of ether oxygens (including phenoxy) is 1. The molecule has 0 radical (unpaired) electrons. The van der Waals surface area contributed by atoms with Crippen molar-refractivity contribution in [3.05, 3.63) is 69.3 Å². The van der Waals surface area contributed by atoms with Gasteiger partial charge in [-0.05, 0) is 52.2 Å². The second kappa shape index (κ2) is 7.11. The van der Waals surface area contributed by atoms with Crippen LogP contribution in [0.4, 0.5) is 4.79 Å². The van der Waals surface area contributed by atoms with Crippen LogP contribution in [0.3, 0.4) is 0 Å². The maximum Gasteiger partial charge on any atom is 0.328 e. The molecule has 3 amide bonds. The quantitative estimate of drug-likeness (QED) is 0.625. The summed E-state index contributed by atoms with van der Waals surface area (Å²) >= 11 is 3.48. The third-order valence-corrected chi connectivity index (χ3v) is 4.48. The molecule has 1 fully saturated rings. The van der Waals surface area contributed by atoms with Crippen LogP contribution in [0.5, 0.6) is 5.75 Å². The van der Waals surface area contributed by atoms with Crippen LogP contribution >= 0.6 is 15.9 Å². The third-order valence-electron chi connectivity index (χ3n) is 3.86. The molecule has 128 valence electrons. The number of aryl methyl sites for hydroxylation is 1. The topological polar surface area (TPSA) is 58.6 Å². The smallest absolute Gasteiger partial charge is 0.328 e. The number of carbonyl (C=O) groups is 2. The highest BCUT2D eigenvalue weighted by Gasteiger charge is 2.29. The lowest BCUT2D eigenvalue weighted by Gasteiger charge is -2.09. The number of nitrogens with one attached hydrogen (secondary N) is 1. The van der Waals surface area contributed by atoms with Crippen LogP contribution in [0, 0.1) is 6.92 Å². The maximum absolute atomic E-state index is 11.9. The van der Waals surface area contributed by atoms with Gasteiger partial charge in [0.25, 0.3) is 5.91 Å². The average Bonchev–Trinajstić information content (AvgIpc) is 2.83. The molecule has 0 aliphatic carbocycles. The number of hydrogen-bond acceptors (Lipinski definition) is 3. The number of urea groups is 1. The normalized spacial score (nSPS) is 15.6. The predicted molar refractivity (Wildman–Crippen MR) is 98.9 cm³/mol. The van der Waals surface area contributed by atoms with Crippen LogP contribution in [0.1, 0.15) is 16.7 Å². The van der Waals surface area contributed by atoms with Crippen molar-refractivity contribution >= 4 is 33.9 Å². The number of benzene rings is 2. The molecule has 1 saturated heterocycles. The van der Waals surface area contributed by atoms with Gasteiger partial charge in [-0.3, -0.25) is 9.69 Å². The zero-order chi connectivity index (χ0) is 18.0. The minimum absolute atomic E-state index is 0.257. The van der Waals surface area contributed by atoms with E-state index in [1.165, 1.54) is 12.6 Å². The summed E-state index contributed by atoms with van der Waals surface area (Å²) in [5.74, 6) is 0.363. The summed E-state index contributed by atoms with van der Waals surface area (Å²) in [7, 11) is 1.44. The summed E-state index contributed by atoms with van der Waals surface area (Å²) in [4.78, 5) is 24.4. The first kappa shape index (κ1) is 17.2. The van der Waals surface area contributed by atoms with Gasteiger partial charge in [-0.25, -0.2) is 4.79 Å². The number of rotatable bonds is 4. The van der Waals surface area contributed by atoms with Crippen molar-refractivity contribution < 1.29 is 14.3 Å². The molecular formula is C19H17BrN2O3. The number of nitrogens with zero attached hydrogens (tertiary/aromatic N) is 1. The molecule has 5 nitrogen and oxygen atoms in total. The predicted octanol–water partition coefficient (Wildman–Crippen LogP) is 3.86. The highest BCUT2D eigenvalue weighted by Crippen LogP contribution is 2.28. The van der Waals surface area contributed by atoms with Gasteiger partial charge in [0.15, 0.2) is 0 Å². The van der Waals surface area contributed by atoms with E-state index in [4.69, 9.17) is 4.74 Å². The van der Waals surface area contributed by atoms with Crippen LogP contribution in [0.15, 0.2) is 52.6 Å². The summed E-state index contributed by atoms with van der Waals surface area (Å²) in [6.45, 7) is 2.52. The molecule has 6 heteroatoms. The summed E-state index contributed by atoms with van der Waals surface area (Å²) in [5, 5.41) is 2.54. The zero-order valence-corrected chi connectivity index (χ0v) is 15.5. The van der Waals surface area contributed by atoms with Gasteiger partial charge in [0.05, 0.1) is 4.47 Å². The molecule has 1 aliphatic heterocycles. The van der Waals surface area contributed by atoms with Gasteiger partial charge in [0.1, 0.15) is 18.1 Å². The van der Waals surface area contributed by atoms with E-state index in [0.717, 1.165) is 20.5 Å². The summed E-state index contributed by atoms with van der Waals surface area (Å²) < 4.78 is 6.61. The minimum Gasteiger partial charge on any atom is -0.488 e. The Bertz CT molecular complexity index is 859. The van der Waals surface area contributed by atoms with Crippen molar-refractivity contribution in [1.82, 2.24) is 10.2 Å². The van der Waals surface area contributed by atoms with E-state index < -0.39 is 6.03 Å². The molecule has 0 unspecified atom stereocenters. The Hall–Kier alpha value is -2.60. The number of imide groups is 1. The molecule has 3 rings (SSSR count). The van der Waals surface area contributed by atoms with Crippen LogP contribution in [-0.4, -0.2) is 23.9 Å². The van der Waals surface area contributed by atoms with E-state index in [-0.39, 0.29) is 11.6 Å². The lowest BCUT2D eigenvalue weighted by atomic mass is 10.1. The lowest BCUT2D eigenvalue weighted by Crippen LogP contribution is -2.25. The van der Waals surface area contributed by atoms with E-state index in [0.29, 0.717) is 12.4 Å². The van der Waals surface area contributed by atoms with Crippen LogP contribution in [-0.2, 0) is 11.4 Å². The molecule has 0 bridgehead atoms. The molecular weight excluding hydrogens is 384 g/mol. The van der Waals surface area contributed by atoms with E-state index in [1.54, 1.807) is 6.08 Å². The Labute approximate surface area is 154 Å². The average molecular weight is 401 g/mol. The largest absolute Gasteiger partial charge is 0.488 e. The van der Waals surface area contributed by atoms with Crippen molar-refractivity contribution in [2.75, 3.05) is 7.05 Å². The van der Waals surface area contributed by atoms with E-state index >= 15 is 0 Å². The molecule has 0 spiro atoms. The summed E-state index contributed by atoms with van der Waals surface area (Å²) in [5.41, 5.74) is 3.34. The standard InChI is InChI=1S/C19H17BrN2O3/c1-12-3-5-13(6-4-12)11-25-17-8-7-14(9-15(17)20)10-16-18(23)22(2)19(24)21-16/h3-10H,11H2,1-2H3,(H,21,24)/b16-10+. The molecule has 0 aromatic heterocycles. The van der Waals surface area contributed by atoms with Crippen molar-refractivity contribution in [1.29, 1.82) is 0 Å². The van der Waals surface area contributed by atoms with Crippen molar-refractivity contribution in [3.8, 4) is 5.75 Å². The number of likely N-dealkylation sites (N-methyl/N-ethyl adjacent to an activating group) is 1. The number of amides is 3. The van der Waals surface area contributed by atoms with E-state index in [1.807, 2.05) is 49.4 Å². The van der Waals surface area contributed by atoms with Gasteiger partial charge in [0.2, 0.25) is 0 Å². The molecule has 2 aromatic rings. The fourth-order valence-electron chi connectivity index (χ4n) is 2.36. The molecule has 1 N–H and O–H groups in total. The first-order valence-electron chi connectivity index (χ1n) is 7.72. The molecule has 0 saturated carbocycles. The van der Waals surface area contributed by atoms with Crippen LogP contribution in [0.2, 0.25) is 0 Å². The molecule has 25 heavy (non-hydrogen) atoms. The van der Waals surface area contributed by atoms with Gasteiger partial charge in [-0.15, -0.1) is 0 Å². The summed E-state index contributed by atoms with van der Waals surface area (Å²) in [6, 6.07) is 13.2. The van der Waals surface area contributed by atoms with Gasteiger partial charge in [0, 0.05) is 7.05 Å². The zero-order valence-electron chi connectivity index (χ0n) is 13.9. The minimum atomic E-state index is -0.423. The third kappa shape index (κ3) is 3.91. The highest BCUT2D eigenvalue weighted by atomic mass is 79.9. The Morgan fingerprint density at radius 2 is 1.88 bits per heavy atom. The monoisotopic (exact) mass is 400 g/mol. The first-order chi connectivity index (χ1) is 11.9. The molecule has 1 heterocycles. The Kier molecular flexibility index (Phi) is 4.90. The second-order valence-corrected chi connectivity index (χ2v) is 6.67. The first-order valence-corrected chi connectivity index (χ1v) is 8.52.